The SMILES string of the molecule is CC1NCCN(C(=O)CCN2C(=O)COc3ccccc32)C1C. The first kappa shape index (κ1) is 15.8. The minimum absolute atomic E-state index is 0.0340. The molecule has 2 heterocycles. The lowest BCUT2D eigenvalue weighted by molar-refractivity contribution is -0.134. The summed E-state index contributed by atoms with van der Waals surface area (Å²) >= 11 is 0. The van der Waals surface area contributed by atoms with Gasteiger partial charge in [-0.3, -0.25) is 9.59 Å². The van der Waals surface area contributed by atoms with Crippen LogP contribution in [-0.4, -0.2) is 55.0 Å². The summed E-state index contributed by atoms with van der Waals surface area (Å²) in [6, 6.07) is 7.91. The number of hydrogen-bond donors (Lipinski definition) is 1. The maximum Gasteiger partial charge on any atom is 0.265 e. The molecule has 2 unspecified atom stereocenters. The summed E-state index contributed by atoms with van der Waals surface area (Å²) in [5.74, 6) is 0.699. The number of piperazine rings is 1. The summed E-state index contributed by atoms with van der Waals surface area (Å²) in [5, 5.41) is 3.37. The second-order valence-corrected chi connectivity index (χ2v) is 6.12. The van der Waals surface area contributed by atoms with Crippen molar-refractivity contribution in [3.8, 4) is 5.75 Å². The van der Waals surface area contributed by atoms with Crippen molar-refractivity contribution in [1.82, 2.24) is 10.2 Å². The van der Waals surface area contributed by atoms with Crippen LogP contribution in [0.1, 0.15) is 20.3 Å². The quantitative estimate of drug-likeness (QED) is 0.904. The van der Waals surface area contributed by atoms with Gasteiger partial charge >= 0.3 is 0 Å². The smallest absolute Gasteiger partial charge is 0.265 e. The number of anilines is 1. The number of hydrogen-bond acceptors (Lipinski definition) is 4. The van der Waals surface area contributed by atoms with Crippen molar-refractivity contribution < 1.29 is 14.3 Å². The van der Waals surface area contributed by atoms with Crippen LogP contribution in [0, 0.1) is 0 Å². The summed E-state index contributed by atoms with van der Waals surface area (Å²) in [6.45, 7) is 6.11. The number of fused-ring (bicyclic) bond motifs is 1. The zero-order valence-electron chi connectivity index (χ0n) is 13.6. The predicted molar refractivity (Wildman–Crippen MR) is 87.5 cm³/mol. The lowest BCUT2D eigenvalue weighted by Crippen LogP contribution is -2.57. The molecule has 2 aliphatic rings. The largest absolute Gasteiger partial charge is 0.482 e. The normalized spacial score (nSPS) is 24.2. The van der Waals surface area contributed by atoms with Crippen LogP contribution < -0.4 is 15.0 Å². The number of nitrogens with one attached hydrogen (secondary N) is 1. The minimum atomic E-state index is -0.0989. The van der Waals surface area contributed by atoms with Crippen LogP contribution in [0.15, 0.2) is 24.3 Å². The summed E-state index contributed by atoms with van der Waals surface area (Å²) < 4.78 is 5.43. The molecule has 1 aromatic carbocycles. The van der Waals surface area contributed by atoms with E-state index in [9.17, 15) is 9.59 Å². The van der Waals surface area contributed by atoms with Gasteiger partial charge in [0.05, 0.1) is 5.69 Å². The zero-order chi connectivity index (χ0) is 16.4. The minimum Gasteiger partial charge on any atom is -0.482 e. The molecule has 6 heteroatoms. The molecular formula is C17H23N3O3. The van der Waals surface area contributed by atoms with E-state index in [4.69, 9.17) is 4.74 Å². The Bertz CT molecular complexity index is 605. The van der Waals surface area contributed by atoms with Crippen molar-refractivity contribution in [3.63, 3.8) is 0 Å². The monoisotopic (exact) mass is 317 g/mol. The van der Waals surface area contributed by atoms with Gasteiger partial charge in [-0.1, -0.05) is 12.1 Å². The topological polar surface area (TPSA) is 61.9 Å². The molecule has 1 aromatic rings. The Hall–Kier alpha value is -2.08. The van der Waals surface area contributed by atoms with Crippen molar-refractivity contribution in [2.24, 2.45) is 0 Å². The van der Waals surface area contributed by atoms with Crippen molar-refractivity contribution in [2.75, 3.05) is 31.1 Å². The number of ether oxygens (including phenoxy) is 1. The lowest BCUT2D eigenvalue weighted by atomic mass is 10.1. The number of carbonyl (C=O) groups is 2. The fourth-order valence-corrected chi connectivity index (χ4v) is 3.16. The van der Waals surface area contributed by atoms with Crippen LogP contribution in [-0.2, 0) is 9.59 Å². The Balaban J connectivity index is 1.66. The van der Waals surface area contributed by atoms with E-state index in [1.165, 1.54) is 0 Å². The molecule has 6 nitrogen and oxygen atoms in total. The molecule has 0 spiro atoms. The third-order valence-electron chi connectivity index (χ3n) is 4.71. The first-order valence-electron chi connectivity index (χ1n) is 8.13. The van der Waals surface area contributed by atoms with Gasteiger partial charge in [0.25, 0.3) is 5.91 Å². The molecule has 1 saturated heterocycles. The standard InChI is InChI=1S/C17H23N3O3/c1-12-13(2)19(10-8-18-12)16(21)7-9-20-14-5-3-4-6-15(14)23-11-17(20)22/h3-6,12-13,18H,7-11H2,1-2H3. The van der Waals surface area contributed by atoms with Gasteiger partial charge in [-0.2, -0.15) is 0 Å². The van der Waals surface area contributed by atoms with Gasteiger partial charge in [0.15, 0.2) is 6.61 Å². The maximum atomic E-state index is 12.5. The first-order chi connectivity index (χ1) is 11.1. The van der Waals surface area contributed by atoms with Gasteiger partial charge in [-0.25, -0.2) is 0 Å². The van der Waals surface area contributed by atoms with Gasteiger partial charge in [-0.15, -0.1) is 0 Å². The molecule has 0 saturated carbocycles. The Labute approximate surface area is 136 Å². The Kier molecular flexibility index (Phi) is 4.52. The summed E-state index contributed by atoms with van der Waals surface area (Å²) in [4.78, 5) is 28.2. The highest BCUT2D eigenvalue weighted by atomic mass is 16.5. The molecule has 1 fully saturated rings. The van der Waals surface area contributed by atoms with Crippen LogP contribution >= 0.6 is 0 Å². The number of nitrogens with zero attached hydrogens (tertiary/aromatic N) is 2. The van der Waals surface area contributed by atoms with E-state index in [1.54, 1.807) is 4.90 Å². The first-order valence-corrected chi connectivity index (χ1v) is 8.13. The lowest BCUT2D eigenvalue weighted by Gasteiger charge is -2.39. The second-order valence-electron chi connectivity index (χ2n) is 6.12. The van der Waals surface area contributed by atoms with Crippen LogP contribution in [0.2, 0.25) is 0 Å². The van der Waals surface area contributed by atoms with Gasteiger partial charge in [-0.05, 0) is 26.0 Å². The highest BCUT2D eigenvalue weighted by molar-refractivity contribution is 5.98. The molecule has 3 rings (SSSR count). The average molecular weight is 317 g/mol. The second kappa shape index (κ2) is 6.58. The zero-order valence-corrected chi connectivity index (χ0v) is 13.6. The summed E-state index contributed by atoms with van der Waals surface area (Å²) in [6.07, 6.45) is 0.330. The molecule has 1 N–H and O–H groups in total. The average Bonchev–Trinajstić information content (AvgIpc) is 2.56. The fraction of sp³-hybridized carbons (Fsp3) is 0.529. The Morgan fingerprint density at radius 1 is 1.35 bits per heavy atom. The number of benzene rings is 1. The molecule has 2 atom stereocenters. The van der Waals surface area contributed by atoms with Crippen molar-refractivity contribution in [2.45, 2.75) is 32.4 Å². The van der Waals surface area contributed by atoms with Crippen molar-refractivity contribution in [1.29, 1.82) is 0 Å². The van der Waals surface area contributed by atoms with E-state index in [2.05, 4.69) is 19.2 Å². The third-order valence-corrected chi connectivity index (χ3v) is 4.71. The van der Waals surface area contributed by atoms with Crippen LogP contribution in [0.5, 0.6) is 5.75 Å². The molecule has 0 bridgehead atoms. The van der Waals surface area contributed by atoms with Gasteiger partial charge < -0.3 is 19.9 Å². The van der Waals surface area contributed by atoms with E-state index < -0.39 is 0 Å². The van der Waals surface area contributed by atoms with Crippen LogP contribution in [0.4, 0.5) is 5.69 Å². The van der Waals surface area contributed by atoms with E-state index >= 15 is 0 Å². The molecule has 0 aliphatic carbocycles. The van der Waals surface area contributed by atoms with Gasteiger partial charge in [0, 0.05) is 38.1 Å². The van der Waals surface area contributed by atoms with Gasteiger partial charge in [0.1, 0.15) is 5.75 Å². The third kappa shape index (κ3) is 3.17. The predicted octanol–water partition coefficient (Wildman–Crippen LogP) is 1.01. The highest BCUT2D eigenvalue weighted by Gasteiger charge is 2.30. The molecule has 0 aromatic heterocycles. The van der Waals surface area contributed by atoms with Crippen LogP contribution in [0.3, 0.4) is 0 Å². The molecule has 0 radical (unpaired) electrons. The molecule has 2 aliphatic heterocycles. The highest BCUT2D eigenvalue weighted by Crippen LogP contribution is 2.31. The number of carbonyl (C=O) groups excluding carboxylic acids is 2. The van der Waals surface area contributed by atoms with E-state index in [-0.39, 0.29) is 24.5 Å². The number of para-hydroxylation sites is 2. The van der Waals surface area contributed by atoms with Crippen molar-refractivity contribution in [3.05, 3.63) is 24.3 Å². The molecule has 124 valence electrons. The Morgan fingerprint density at radius 2 is 2.13 bits per heavy atom. The Morgan fingerprint density at radius 3 is 2.96 bits per heavy atom. The summed E-state index contributed by atoms with van der Waals surface area (Å²) in [7, 11) is 0. The number of amides is 2. The molecule has 2 amide bonds. The summed E-state index contributed by atoms with van der Waals surface area (Å²) in [5.41, 5.74) is 0.748. The van der Waals surface area contributed by atoms with E-state index in [1.807, 2.05) is 29.2 Å². The fourth-order valence-electron chi connectivity index (χ4n) is 3.16. The number of rotatable bonds is 3. The van der Waals surface area contributed by atoms with Crippen molar-refractivity contribution >= 4 is 17.5 Å². The van der Waals surface area contributed by atoms with E-state index in [0.29, 0.717) is 24.8 Å². The van der Waals surface area contributed by atoms with Gasteiger partial charge in [0.2, 0.25) is 5.91 Å². The molecular weight excluding hydrogens is 294 g/mol. The maximum absolute atomic E-state index is 12.5. The van der Waals surface area contributed by atoms with E-state index in [0.717, 1.165) is 18.8 Å². The van der Waals surface area contributed by atoms with Crippen LogP contribution in [0.25, 0.3) is 0 Å². The molecule has 23 heavy (non-hydrogen) atoms.